The van der Waals surface area contributed by atoms with Gasteiger partial charge >= 0.3 is 18.7 Å². The number of alkyl carbamates (subject to hydrolysis) is 1. The standard InChI is InChI=1S/C37H37F4N3O8/c1-20(42-36(47)52-37(2,3)4)31-30(44-33(51-31)23-12-15-27(50-35(40)41)28(16-23)48-18-22-10-11-22)32(45)43-29(25-14-13-24(38)17-26(25)39)34(46)49-19-21-8-6-5-7-9-21/h5-9,12-17,20,22,29,35H,10-11,18-19H2,1-4H3,(H,42,47)(H,43,45)/t20-,29?/m0/s1. The van der Waals surface area contributed by atoms with Gasteiger partial charge in [0, 0.05) is 17.2 Å². The molecule has 0 saturated heterocycles. The van der Waals surface area contributed by atoms with Gasteiger partial charge in [-0.2, -0.15) is 8.78 Å². The number of oxazole rings is 1. The number of halogens is 4. The van der Waals surface area contributed by atoms with Gasteiger partial charge in [0.05, 0.1) is 12.6 Å². The molecule has 1 aliphatic carbocycles. The highest BCUT2D eigenvalue weighted by Crippen LogP contribution is 2.37. The Balaban J connectivity index is 1.50. The molecule has 3 aromatic carbocycles. The van der Waals surface area contributed by atoms with E-state index in [0.29, 0.717) is 11.6 Å². The molecule has 2 amide bonds. The number of rotatable bonds is 14. The Bertz CT molecular complexity index is 1890. The molecular weight excluding hydrogens is 690 g/mol. The Morgan fingerprint density at radius 1 is 0.962 bits per heavy atom. The lowest BCUT2D eigenvalue weighted by Gasteiger charge is -2.22. The maximum Gasteiger partial charge on any atom is 0.408 e. The minimum Gasteiger partial charge on any atom is -0.489 e. The molecule has 5 rings (SSSR count). The van der Waals surface area contributed by atoms with Crippen LogP contribution < -0.4 is 20.1 Å². The van der Waals surface area contributed by atoms with E-state index >= 15 is 4.39 Å². The number of nitrogens with zero attached hydrogens (tertiary/aromatic N) is 1. The number of ether oxygens (including phenoxy) is 4. The van der Waals surface area contributed by atoms with E-state index in [1.54, 1.807) is 51.1 Å². The van der Waals surface area contributed by atoms with E-state index in [9.17, 15) is 27.6 Å². The molecular formula is C37H37F4N3O8. The second kappa shape index (κ2) is 16.2. The van der Waals surface area contributed by atoms with Crippen molar-refractivity contribution >= 4 is 18.0 Å². The number of aromatic nitrogens is 1. The second-order valence-corrected chi connectivity index (χ2v) is 13.1. The van der Waals surface area contributed by atoms with Gasteiger partial charge in [-0.25, -0.2) is 23.4 Å². The number of alkyl halides is 2. The zero-order valence-electron chi connectivity index (χ0n) is 28.7. The molecule has 4 aromatic rings. The Kier molecular flexibility index (Phi) is 11.7. The van der Waals surface area contributed by atoms with Crippen LogP contribution in [-0.4, -0.2) is 41.8 Å². The van der Waals surface area contributed by atoms with Gasteiger partial charge in [-0.15, -0.1) is 0 Å². The molecule has 1 saturated carbocycles. The van der Waals surface area contributed by atoms with Crippen molar-refractivity contribution in [1.82, 2.24) is 15.6 Å². The van der Waals surface area contributed by atoms with Crippen molar-refractivity contribution in [3.8, 4) is 23.0 Å². The molecule has 1 aliphatic rings. The lowest BCUT2D eigenvalue weighted by Crippen LogP contribution is -2.37. The fraction of sp³-hybridized carbons (Fsp3) is 0.351. The van der Waals surface area contributed by atoms with Crippen LogP contribution in [0.15, 0.2) is 71.1 Å². The van der Waals surface area contributed by atoms with E-state index in [1.807, 2.05) is 0 Å². The van der Waals surface area contributed by atoms with Gasteiger partial charge in [0.25, 0.3) is 5.91 Å². The SMILES string of the molecule is C[C@H](NC(=O)OC(C)(C)C)c1oc(-c2ccc(OC(F)F)c(OCC3CC3)c2)nc1C(=O)NC(C(=O)OCc1ccccc1)c1ccc(F)cc1F. The summed E-state index contributed by atoms with van der Waals surface area (Å²) >= 11 is 0. The van der Waals surface area contributed by atoms with Crippen molar-refractivity contribution in [2.75, 3.05) is 6.61 Å². The van der Waals surface area contributed by atoms with Gasteiger partial charge in [0.1, 0.15) is 23.8 Å². The van der Waals surface area contributed by atoms with E-state index in [0.717, 1.165) is 25.0 Å². The van der Waals surface area contributed by atoms with Crippen molar-refractivity contribution in [2.24, 2.45) is 5.92 Å². The number of hydrogen-bond acceptors (Lipinski definition) is 9. The third kappa shape index (κ3) is 10.2. The van der Waals surface area contributed by atoms with Gasteiger partial charge in [-0.3, -0.25) is 4.79 Å². The van der Waals surface area contributed by atoms with Crippen molar-refractivity contribution in [2.45, 2.75) is 71.4 Å². The van der Waals surface area contributed by atoms with Crippen LogP contribution in [0.5, 0.6) is 11.5 Å². The number of benzene rings is 3. The van der Waals surface area contributed by atoms with Gasteiger partial charge in [-0.1, -0.05) is 36.4 Å². The smallest absolute Gasteiger partial charge is 0.408 e. The minimum atomic E-state index is -3.13. The molecule has 0 bridgehead atoms. The quantitative estimate of drug-likeness (QED) is 0.0984. The summed E-state index contributed by atoms with van der Waals surface area (Å²) < 4.78 is 82.4. The van der Waals surface area contributed by atoms with E-state index in [4.69, 9.17) is 18.6 Å². The largest absolute Gasteiger partial charge is 0.489 e. The number of esters is 1. The highest BCUT2D eigenvalue weighted by atomic mass is 19.3. The summed E-state index contributed by atoms with van der Waals surface area (Å²) in [5.41, 5.74) is -0.917. The average Bonchev–Trinajstić information content (AvgIpc) is 3.80. The molecule has 1 fully saturated rings. The molecule has 0 spiro atoms. The molecule has 0 radical (unpaired) electrons. The number of amides is 2. The first-order valence-electron chi connectivity index (χ1n) is 16.4. The molecule has 1 heterocycles. The first-order valence-corrected chi connectivity index (χ1v) is 16.4. The van der Waals surface area contributed by atoms with Crippen LogP contribution in [0, 0.1) is 17.6 Å². The molecule has 11 nitrogen and oxygen atoms in total. The van der Waals surface area contributed by atoms with Gasteiger partial charge in [0.2, 0.25) is 5.89 Å². The van der Waals surface area contributed by atoms with E-state index in [2.05, 4.69) is 20.4 Å². The van der Waals surface area contributed by atoms with Crippen molar-refractivity contribution in [1.29, 1.82) is 0 Å². The summed E-state index contributed by atoms with van der Waals surface area (Å²) in [4.78, 5) is 44.4. The van der Waals surface area contributed by atoms with E-state index in [-0.39, 0.29) is 47.8 Å². The van der Waals surface area contributed by atoms with Crippen LogP contribution in [0.2, 0.25) is 0 Å². The van der Waals surface area contributed by atoms with Crippen LogP contribution in [0.25, 0.3) is 11.5 Å². The molecule has 2 N–H and O–H groups in total. The molecule has 276 valence electrons. The number of carbonyl (C=O) groups is 3. The fourth-order valence-corrected chi connectivity index (χ4v) is 4.91. The summed E-state index contributed by atoms with van der Waals surface area (Å²) in [5, 5.41) is 4.97. The van der Waals surface area contributed by atoms with Crippen LogP contribution >= 0.6 is 0 Å². The topological polar surface area (TPSA) is 138 Å². The van der Waals surface area contributed by atoms with Gasteiger partial charge in [-0.05, 0) is 76.3 Å². The summed E-state index contributed by atoms with van der Waals surface area (Å²) in [6.07, 6.45) is 0.999. The Hall–Kier alpha value is -5.60. The van der Waals surface area contributed by atoms with Crippen molar-refractivity contribution in [3.63, 3.8) is 0 Å². The van der Waals surface area contributed by atoms with Crippen LogP contribution in [0.3, 0.4) is 0 Å². The summed E-state index contributed by atoms with van der Waals surface area (Å²) in [7, 11) is 0. The number of carbonyl (C=O) groups excluding carboxylic acids is 3. The van der Waals surface area contributed by atoms with Crippen molar-refractivity contribution in [3.05, 3.63) is 101 Å². The highest BCUT2D eigenvalue weighted by molar-refractivity contribution is 5.97. The predicted molar refractivity (Wildman–Crippen MR) is 177 cm³/mol. The first-order chi connectivity index (χ1) is 24.7. The summed E-state index contributed by atoms with van der Waals surface area (Å²) in [6, 6.07) is 12.1. The zero-order chi connectivity index (χ0) is 37.6. The fourth-order valence-electron chi connectivity index (χ4n) is 4.91. The summed E-state index contributed by atoms with van der Waals surface area (Å²) in [6.45, 7) is 3.33. The Morgan fingerprint density at radius 3 is 2.35 bits per heavy atom. The molecule has 0 aliphatic heterocycles. The zero-order valence-corrected chi connectivity index (χ0v) is 28.7. The maximum atomic E-state index is 15.1. The van der Waals surface area contributed by atoms with Gasteiger partial charge in [0.15, 0.2) is 29.0 Å². The average molecular weight is 728 g/mol. The number of hydrogen-bond donors (Lipinski definition) is 2. The van der Waals surface area contributed by atoms with Crippen molar-refractivity contribution < 1.29 is 55.3 Å². The van der Waals surface area contributed by atoms with Crippen LogP contribution in [-0.2, 0) is 20.9 Å². The third-order valence-electron chi connectivity index (χ3n) is 7.58. The first kappa shape index (κ1) is 37.7. The monoisotopic (exact) mass is 727 g/mol. The van der Waals surface area contributed by atoms with E-state index in [1.165, 1.54) is 25.1 Å². The Morgan fingerprint density at radius 2 is 1.69 bits per heavy atom. The van der Waals surface area contributed by atoms with Crippen LogP contribution in [0.4, 0.5) is 22.4 Å². The third-order valence-corrected chi connectivity index (χ3v) is 7.58. The van der Waals surface area contributed by atoms with E-state index < -0.39 is 65.2 Å². The number of nitrogens with one attached hydrogen (secondary N) is 2. The highest BCUT2D eigenvalue weighted by Gasteiger charge is 2.33. The minimum absolute atomic E-state index is 0.0246. The molecule has 15 heteroatoms. The lowest BCUT2D eigenvalue weighted by molar-refractivity contribution is -0.147. The summed E-state index contributed by atoms with van der Waals surface area (Å²) in [5.74, 6) is -4.57. The molecule has 1 aromatic heterocycles. The predicted octanol–water partition coefficient (Wildman–Crippen LogP) is 7.81. The van der Waals surface area contributed by atoms with Crippen LogP contribution in [0.1, 0.15) is 80.0 Å². The normalized spacial score (nSPS) is 13.9. The molecule has 52 heavy (non-hydrogen) atoms. The molecule has 2 atom stereocenters. The van der Waals surface area contributed by atoms with Gasteiger partial charge < -0.3 is 34.0 Å². The molecule has 1 unspecified atom stereocenters. The lowest BCUT2D eigenvalue weighted by atomic mass is 10.1. The second-order valence-electron chi connectivity index (χ2n) is 13.1. The maximum absolute atomic E-state index is 15.1. The Labute approximate surface area is 296 Å².